The number of allylic oxidation sites excluding steroid dienone is 3. The van der Waals surface area contributed by atoms with Crippen LogP contribution >= 0.6 is 0 Å². The van der Waals surface area contributed by atoms with Gasteiger partial charge in [0, 0.05) is 40.1 Å². The first-order chi connectivity index (χ1) is 17.6. The van der Waals surface area contributed by atoms with Gasteiger partial charge in [0.25, 0.3) is 0 Å². The lowest BCUT2D eigenvalue weighted by Gasteiger charge is -2.16. The van der Waals surface area contributed by atoms with Gasteiger partial charge in [0.05, 0.1) is 12.5 Å². The summed E-state index contributed by atoms with van der Waals surface area (Å²) in [6.45, 7) is 7.89. The zero-order valence-electron chi connectivity index (χ0n) is 21.4. The van der Waals surface area contributed by atoms with Gasteiger partial charge in [-0.2, -0.15) is 0 Å². The van der Waals surface area contributed by atoms with Gasteiger partial charge >= 0.3 is 5.63 Å². The van der Waals surface area contributed by atoms with Crippen molar-refractivity contribution in [3.63, 3.8) is 0 Å². The van der Waals surface area contributed by atoms with Crippen molar-refractivity contribution in [2.24, 2.45) is 0 Å². The van der Waals surface area contributed by atoms with E-state index in [1.165, 1.54) is 6.07 Å². The Kier molecular flexibility index (Phi) is 7.16. The van der Waals surface area contributed by atoms with Crippen LogP contribution in [0.5, 0.6) is 5.75 Å². The topological polar surface area (TPSA) is 107 Å². The largest absolute Gasteiger partial charge is 0.507 e. The molecule has 0 spiro atoms. The minimum Gasteiger partial charge on any atom is -0.507 e. The van der Waals surface area contributed by atoms with Crippen LogP contribution in [0.4, 0.5) is 0 Å². The molecule has 2 heterocycles. The Morgan fingerprint density at radius 2 is 1.65 bits per heavy atom. The quantitative estimate of drug-likeness (QED) is 0.188. The van der Waals surface area contributed by atoms with Gasteiger partial charge in [-0.05, 0) is 32.4 Å². The Hall–Kier alpha value is -4.39. The second-order valence-electron chi connectivity index (χ2n) is 9.31. The van der Waals surface area contributed by atoms with Crippen molar-refractivity contribution in [3.05, 3.63) is 93.1 Å². The molecule has 5 rings (SSSR count). The fourth-order valence-electron chi connectivity index (χ4n) is 4.16. The third kappa shape index (κ3) is 4.98. The first kappa shape index (κ1) is 25.7. The highest BCUT2D eigenvalue weighted by molar-refractivity contribution is 6.52. The summed E-state index contributed by atoms with van der Waals surface area (Å²) in [6.07, 6.45) is 2.11. The number of aliphatic hydroxyl groups excluding tert-OH is 1. The predicted octanol–water partition coefficient (Wildman–Crippen LogP) is 6.75. The number of methoxy groups -OCH3 is 1. The van der Waals surface area contributed by atoms with E-state index < -0.39 is 11.6 Å². The maximum Gasteiger partial charge on any atom is 0.336 e. The van der Waals surface area contributed by atoms with Crippen molar-refractivity contribution >= 4 is 39.3 Å². The van der Waals surface area contributed by atoms with Gasteiger partial charge in [-0.3, -0.25) is 9.59 Å². The number of hydrogen-bond acceptors (Lipinski definition) is 7. The molecular weight excluding hydrogens is 472 g/mol. The summed E-state index contributed by atoms with van der Waals surface area (Å²) >= 11 is 0. The molecule has 0 aliphatic heterocycles. The molecule has 190 valence electrons. The van der Waals surface area contributed by atoms with Crippen molar-refractivity contribution in [1.82, 2.24) is 0 Å². The average molecular weight is 501 g/mol. The SMILES string of the molecule is CC(C)=CCC1=C(O)c2ccccc2C(=O)C1=O.COc1c(C(C)C)oc2cc3oc(=O)ccc3cc12. The molecule has 1 N–H and O–H groups in total. The van der Waals surface area contributed by atoms with Crippen LogP contribution in [0.3, 0.4) is 0 Å². The van der Waals surface area contributed by atoms with E-state index in [0.717, 1.165) is 27.9 Å². The summed E-state index contributed by atoms with van der Waals surface area (Å²) < 4.78 is 16.4. The maximum atomic E-state index is 11.9. The Morgan fingerprint density at radius 3 is 2.30 bits per heavy atom. The Balaban J connectivity index is 0.000000173. The molecule has 2 aromatic carbocycles. The number of rotatable bonds is 4. The van der Waals surface area contributed by atoms with Crippen LogP contribution in [0.2, 0.25) is 0 Å². The van der Waals surface area contributed by atoms with Gasteiger partial charge < -0.3 is 18.7 Å². The second-order valence-corrected chi connectivity index (χ2v) is 9.31. The smallest absolute Gasteiger partial charge is 0.336 e. The summed E-state index contributed by atoms with van der Waals surface area (Å²) in [5.74, 6) is 0.544. The first-order valence-corrected chi connectivity index (χ1v) is 11.9. The number of hydrogen-bond donors (Lipinski definition) is 1. The number of Topliss-reactive ketones (excluding diaryl/α,β-unsaturated/α-hetero) is 2. The van der Waals surface area contributed by atoms with Crippen molar-refractivity contribution in [3.8, 4) is 5.75 Å². The van der Waals surface area contributed by atoms with Crippen molar-refractivity contribution in [2.75, 3.05) is 7.11 Å². The van der Waals surface area contributed by atoms with E-state index in [2.05, 4.69) is 0 Å². The van der Waals surface area contributed by atoms with E-state index >= 15 is 0 Å². The normalized spacial score (nSPS) is 13.0. The molecule has 0 radical (unpaired) electrons. The minimum absolute atomic E-state index is 0.0762. The van der Waals surface area contributed by atoms with E-state index in [1.807, 2.05) is 39.8 Å². The molecule has 0 saturated carbocycles. The monoisotopic (exact) mass is 500 g/mol. The van der Waals surface area contributed by atoms with Crippen LogP contribution in [0, 0.1) is 0 Å². The number of fused-ring (bicyclic) bond motifs is 3. The number of ether oxygens (including phenoxy) is 1. The van der Waals surface area contributed by atoms with Crippen LogP contribution < -0.4 is 10.4 Å². The molecule has 4 aromatic rings. The Bertz CT molecular complexity index is 1640. The third-order valence-electron chi connectivity index (χ3n) is 6.05. The summed E-state index contributed by atoms with van der Waals surface area (Å²) in [5.41, 5.74) is 2.76. The Morgan fingerprint density at radius 1 is 0.946 bits per heavy atom. The molecule has 0 bridgehead atoms. The molecule has 1 aliphatic rings. The zero-order chi connectivity index (χ0) is 26.9. The highest BCUT2D eigenvalue weighted by atomic mass is 16.5. The molecular formula is C30H28O7. The van der Waals surface area contributed by atoms with Gasteiger partial charge in [0.1, 0.15) is 22.7 Å². The molecule has 7 heteroatoms. The van der Waals surface area contributed by atoms with E-state index in [4.69, 9.17) is 13.6 Å². The van der Waals surface area contributed by atoms with Gasteiger partial charge in [-0.1, -0.05) is 49.8 Å². The van der Waals surface area contributed by atoms with Gasteiger partial charge in [0.2, 0.25) is 11.6 Å². The highest BCUT2D eigenvalue weighted by Gasteiger charge is 2.31. The van der Waals surface area contributed by atoms with E-state index in [0.29, 0.717) is 16.7 Å². The number of carbonyl (C=O) groups is 2. The summed E-state index contributed by atoms with van der Waals surface area (Å²) in [6, 6.07) is 13.4. The van der Waals surface area contributed by atoms with Crippen LogP contribution in [0.15, 0.2) is 79.4 Å². The predicted molar refractivity (Wildman–Crippen MR) is 142 cm³/mol. The number of ketones is 2. The lowest BCUT2D eigenvalue weighted by molar-refractivity contribution is -0.112. The fraction of sp³-hybridized carbons (Fsp3) is 0.233. The van der Waals surface area contributed by atoms with Gasteiger partial charge in [-0.15, -0.1) is 0 Å². The molecule has 1 aliphatic carbocycles. The summed E-state index contributed by atoms with van der Waals surface area (Å²) in [5, 5.41) is 11.8. The molecule has 0 atom stereocenters. The standard InChI is InChI=1S/C15H14O4.C15H14O3/c1-8(2)14-15(17-3)10-6-9-4-5-13(16)18-11(9)7-12(10)19-14;1-9(2)7-8-12-13(16)10-5-3-4-6-11(10)14(17)15(12)18/h4-8H,1-3H3;3-7,16H,8H2,1-2H3. The highest BCUT2D eigenvalue weighted by Crippen LogP contribution is 2.39. The number of furan rings is 1. The summed E-state index contributed by atoms with van der Waals surface area (Å²) in [4.78, 5) is 35.1. The van der Waals surface area contributed by atoms with Crippen LogP contribution in [0.25, 0.3) is 27.7 Å². The molecule has 7 nitrogen and oxygen atoms in total. The molecule has 37 heavy (non-hydrogen) atoms. The molecule has 0 amide bonds. The van der Waals surface area contributed by atoms with Crippen molar-refractivity contribution in [2.45, 2.75) is 40.0 Å². The van der Waals surface area contributed by atoms with E-state index in [1.54, 1.807) is 43.5 Å². The number of benzene rings is 2. The Labute approximate surface area is 213 Å². The molecule has 2 aromatic heterocycles. The third-order valence-corrected chi connectivity index (χ3v) is 6.05. The van der Waals surface area contributed by atoms with E-state index in [9.17, 15) is 19.5 Å². The maximum absolute atomic E-state index is 11.9. The van der Waals surface area contributed by atoms with Crippen LogP contribution in [0.1, 0.15) is 61.7 Å². The molecule has 0 fully saturated rings. The van der Waals surface area contributed by atoms with Crippen LogP contribution in [-0.4, -0.2) is 23.8 Å². The van der Waals surface area contributed by atoms with Crippen LogP contribution in [-0.2, 0) is 4.79 Å². The molecule has 0 unspecified atom stereocenters. The lowest BCUT2D eigenvalue weighted by atomic mass is 9.87. The second kappa shape index (κ2) is 10.3. The van der Waals surface area contributed by atoms with Crippen molar-refractivity contribution < 1.29 is 28.3 Å². The first-order valence-electron chi connectivity index (χ1n) is 11.9. The van der Waals surface area contributed by atoms with Crippen molar-refractivity contribution in [1.29, 1.82) is 0 Å². The van der Waals surface area contributed by atoms with E-state index in [-0.39, 0.29) is 34.9 Å². The average Bonchev–Trinajstić information content (AvgIpc) is 3.24. The summed E-state index contributed by atoms with van der Waals surface area (Å²) in [7, 11) is 1.63. The van der Waals surface area contributed by atoms with Gasteiger partial charge in [-0.25, -0.2) is 4.79 Å². The molecule has 0 saturated heterocycles. The van der Waals surface area contributed by atoms with Gasteiger partial charge in [0.15, 0.2) is 5.75 Å². The minimum atomic E-state index is -0.608. The fourth-order valence-corrected chi connectivity index (χ4v) is 4.16. The number of aliphatic hydroxyl groups is 1. The number of carbonyl (C=O) groups excluding carboxylic acids is 2. The lowest BCUT2D eigenvalue weighted by Crippen LogP contribution is -2.23. The zero-order valence-corrected chi connectivity index (χ0v) is 21.4.